The van der Waals surface area contributed by atoms with Crippen LogP contribution in [0.1, 0.15) is 5.56 Å². The fraction of sp³-hybridized carbons (Fsp3) is 0.105. The highest BCUT2D eigenvalue weighted by Crippen LogP contribution is 2.24. The number of aromatic hydroxyl groups is 1. The number of fused-ring (bicyclic) bond motifs is 1. The number of hydrogen-bond acceptors (Lipinski definition) is 3. The number of ether oxygens (including phenoxy) is 1. The van der Waals surface area contributed by atoms with Gasteiger partial charge in [0.2, 0.25) is 0 Å². The number of rotatable bonds is 4. The predicted molar refractivity (Wildman–Crippen MR) is 90.9 cm³/mol. The minimum absolute atomic E-state index is 0.0454. The molecule has 3 aromatic carbocycles. The van der Waals surface area contributed by atoms with Crippen LogP contribution in [0.5, 0.6) is 11.5 Å². The van der Waals surface area contributed by atoms with Crippen LogP contribution >= 0.6 is 0 Å². The van der Waals surface area contributed by atoms with Gasteiger partial charge in [0.05, 0.1) is 5.69 Å². The van der Waals surface area contributed by atoms with Crippen LogP contribution in [0.4, 0.5) is 5.69 Å². The number of phenols is 1. The Morgan fingerprint density at radius 2 is 1.83 bits per heavy atom. The quantitative estimate of drug-likeness (QED) is 0.719. The van der Waals surface area contributed by atoms with E-state index >= 15 is 0 Å². The monoisotopic (exact) mass is 307 g/mol. The van der Waals surface area contributed by atoms with Gasteiger partial charge in [0.1, 0.15) is 11.5 Å². The molecule has 0 aliphatic heterocycles. The Morgan fingerprint density at radius 3 is 2.61 bits per heavy atom. The Bertz CT molecular complexity index is 858. The van der Waals surface area contributed by atoms with Crippen LogP contribution in [0.3, 0.4) is 0 Å². The molecule has 0 heterocycles. The van der Waals surface area contributed by atoms with Crippen LogP contribution in [0.2, 0.25) is 0 Å². The molecule has 0 saturated heterocycles. The van der Waals surface area contributed by atoms with Gasteiger partial charge in [-0.15, -0.1) is 0 Å². The standard InChI is InChI=1S/C19H17NO3/c1-13-6-9-17(18(21)10-13)20-19(22)12-23-16-8-7-14-4-2-3-5-15(14)11-16/h2-11,21H,12H2,1H3,(H,20,22). The fourth-order valence-electron chi connectivity index (χ4n) is 2.34. The number of phenolic OH excluding ortho intramolecular Hbond substituents is 1. The zero-order valence-electron chi connectivity index (χ0n) is 12.7. The van der Waals surface area contributed by atoms with E-state index in [1.165, 1.54) is 0 Å². The number of nitrogens with one attached hydrogen (secondary N) is 1. The summed E-state index contributed by atoms with van der Waals surface area (Å²) in [6.07, 6.45) is 0. The number of anilines is 1. The number of aryl methyl sites for hydroxylation is 1. The van der Waals surface area contributed by atoms with E-state index in [1.807, 2.05) is 55.5 Å². The molecule has 0 unspecified atom stereocenters. The van der Waals surface area contributed by atoms with Crippen molar-refractivity contribution in [3.63, 3.8) is 0 Å². The molecule has 116 valence electrons. The first-order chi connectivity index (χ1) is 11.1. The summed E-state index contributed by atoms with van der Waals surface area (Å²) in [6, 6.07) is 18.7. The smallest absolute Gasteiger partial charge is 0.262 e. The zero-order valence-corrected chi connectivity index (χ0v) is 12.7. The SMILES string of the molecule is Cc1ccc(NC(=O)COc2ccc3ccccc3c2)c(O)c1. The molecule has 4 nitrogen and oxygen atoms in total. The highest BCUT2D eigenvalue weighted by molar-refractivity contribution is 5.93. The average molecular weight is 307 g/mol. The van der Waals surface area contributed by atoms with Crippen molar-refractivity contribution in [2.45, 2.75) is 6.92 Å². The summed E-state index contributed by atoms with van der Waals surface area (Å²) in [4.78, 5) is 11.9. The third-order valence-electron chi connectivity index (χ3n) is 3.52. The third kappa shape index (κ3) is 3.61. The van der Waals surface area contributed by atoms with Crippen molar-refractivity contribution in [3.05, 3.63) is 66.2 Å². The molecule has 0 spiro atoms. The van der Waals surface area contributed by atoms with E-state index in [0.717, 1.165) is 16.3 Å². The second-order valence-electron chi connectivity index (χ2n) is 5.37. The normalized spacial score (nSPS) is 10.5. The Hall–Kier alpha value is -3.01. The predicted octanol–water partition coefficient (Wildman–Crippen LogP) is 3.87. The van der Waals surface area contributed by atoms with Gasteiger partial charge in [-0.1, -0.05) is 36.4 Å². The molecular weight excluding hydrogens is 290 g/mol. The van der Waals surface area contributed by atoms with Gasteiger partial charge in [0, 0.05) is 0 Å². The number of benzene rings is 3. The number of hydrogen-bond donors (Lipinski definition) is 2. The van der Waals surface area contributed by atoms with Crippen molar-refractivity contribution in [2.24, 2.45) is 0 Å². The van der Waals surface area contributed by atoms with E-state index in [0.29, 0.717) is 11.4 Å². The molecule has 23 heavy (non-hydrogen) atoms. The molecule has 0 aromatic heterocycles. The van der Waals surface area contributed by atoms with Gasteiger partial charge in [0.15, 0.2) is 6.61 Å². The van der Waals surface area contributed by atoms with Gasteiger partial charge < -0.3 is 15.2 Å². The lowest BCUT2D eigenvalue weighted by atomic mass is 10.1. The molecular formula is C19H17NO3. The van der Waals surface area contributed by atoms with Crippen LogP contribution in [0, 0.1) is 6.92 Å². The zero-order chi connectivity index (χ0) is 16.2. The summed E-state index contributed by atoms with van der Waals surface area (Å²) in [6.45, 7) is 1.75. The van der Waals surface area contributed by atoms with Gasteiger partial charge in [-0.3, -0.25) is 4.79 Å². The number of amides is 1. The van der Waals surface area contributed by atoms with Gasteiger partial charge in [-0.05, 0) is 47.5 Å². The van der Waals surface area contributed by atoms with Gasteiger partial charge in [-0.25, -0.2) is 0 Å². The van der Waals surface area contributed by atoms with Crippen molar-refractivity contribution in [3.8, 4) is 11.5 Å². The largest absolute Gasteiger partial charge is 0.506 e. The van der Waals surface area contributed by atoms with Crippen molar-refractivity contribution >= 4 is 22.4 Å². The molecule has 3 aromatic rings. The first-order valence-electron chi connectivity index (χ1n) is 7.33. The summed E-state index contributed by atoms with van der Waals surface area (Å²) in [5, 5.41) is 14.6. The Labute approximate surface area is 134 Å². The summed E-state index contributed by atoms with van der Waals surface area (Å²) >= 11 is 0. The van der Waals surface area contributed by atoms with Crippen LogP contribution < -0.4 is 10.1 Å². The fourth-order valence-corrected chi connectivity index (χ4v) is 2.34. The van der Waals surface area contributed by atoms with Crippen LogP contribution in [0.15, 0.2) is 60.7 Å². The van der Waals surface area contributed by atoms with E-state index in [-0.39, 0.29) is 18.3 Å². The minimum atomic E-state index is -0.322. The molecule has 4 heteroatoms. The number of carbonyl (C=O) groups is 1. The highest BCUT2D eigenvalue weighted by atomic mass is 16.5. The van der Waals surface area contributed by atoms with E-state index in [9.17, 15) is 9.90 Å². The lowest BCUT2D eigenvalue weighted by Crippen LogP contribution is -2.20. The minimum Gasteiger partial charge on any atom is -0.506 e. The molecule has 1 amide bonds. The summed E-state index contributed by atoms with van der Waals surface area (Å²) < 4.78 is 5.52. The maximum atomic E-state index is 11.9. The molecule has 0 saturated carbocycles. The van der Waals surface area contributed by atoms with E-state index in [2.05, 4.69) is 5.32 Å². The van der Waals surface area contributed by atoms with Crippen LogP contribution in [-0.4, -0.2) is 17.6 Å². The molecule has 0 radical (unpaired) electrons. The molecule has 2 N–H and O–H groups in total. The van der Waals surface area contributed by atoms with E-state index in [4.69, 9.17) is 4.74 Å². The van der Waals surface area contributed by atoms with Crippen molar-refractivity contribution in [1.29, 1.82) is 0 Å². The summed E-state index contributed by atoms with van der Waals surface area (Å²) in [7, 11) is 0. The third-order valence-corrected chi connectivity index (χ3v) is 3.52. The molecule has 0 bridgehead atoms. The second kappa shape index (κ2) is 6.40. The Balaban J connectivity index is 1.63. The first-order valence-corrected chi connectivity index (χ1v) is 7.33. The molecule has 3 rings (SSSR count). The lowest BCUT2D eigenvalue weighted by molar-refractivity contribution is -0.118. The van der Waals surface area contributed by atoms with Gasteiger partial charge >= 0.3 is 0 Å². The number of carbonyl (C=O) groups excluding carboxylic acids is 1. The summed E-state index contributed by atoms with van der Waals surface area (Å²) in [5.41, 5.74) is 1.30. The van der Waals surface area contributed by atoms with Crippen molar-refractivity contribution < 1.29 is 14.6 Å². The van der Waals surface area contributed by atoms with E-state index < -0.39 is 0 Å². The van der Waals surface area contributed by atoms with Gasteiger partial charge in [-0.2, -0.15) is 0 Å². The molecule has 0 aliphatic rings. The summed E-state index contributed by atoms with van der Waals surface area (Å²) in [5.74, 6) is 0.355. The van der Waals surface area contributed by atoms with Gasteiger partial charge in [0.25, 0.3) is 5.91 Å². The molecule has 0 fully saturated rings. The van der Waals surface area contributed by atoms with Crippen molar-refractivity contribution in [2.75, 3.05) is 11.9 Å². The van der Waals surface area contributed by atoms with Crippen LogP contribution in [-0.2, 0) is 4.79 Å². The maximum Gasteiger partial charge on any atom is 0.262 e. The Kier molecular flexibility index (Phi) is 4.15. The van der Waals surface area contributed by atoms with E-state index in [1.54, 1.807) is 12.1 Å². The molecule has 0 aliphatic carbocycles. The average Bonchev–Trinajstić information content (AvgIpc) is 2.55. The van der Waals surface area contributed by atoms with Crippen molar-refractivity contribution in [1.82, 2.24) is 0 Å². The first kappa shape index (κ1) is 14.9. The second-order valence-corrected chi connectivity index (χ2v) is 5.37. The molecule has 0 atom stereocenters. The van der Waals surface area contributed by atoms with Crippen LogP contribution in [0.25, 0.3) is 10.8 Å². The lowest BCUT2D eigenvalue weighted by Gasteiger charge is -2.10. The topological polar surface area (TPSA) is 58.6 Å². The maximum absolute atomic E-state index is 11.9. The Morgan fingerprint density at radius 1 is 1.04 bits per heavy atom. The highest BCUT2D eigenvalue weighted by Gasteiger charge is 2.07.